The average Bonchev–Trinajstić information content (AvgIpc) is 2.91. The first-order valence-electron chi connectivity index (χ1n) is 6.67. The Morgan fingerprint density at radius 3 is 2.62 bits per heavy atom. The van der Waals surface area contributed by atoms with Gasteiger partial charge in [0.05, 0.1) is 5.92 Å². The third-order valence-electron chi connectivity index (χ3n) is 3.05. The summed E-state index contributed by atoms with van der Waals surface area (Å²) in [6.07, 6.45) is -3.82. The van der Waals surface area contributed by atoms with Gasteiger partial charge in [0.1, 0.15) is 11.6 Å². The number of aryl methyl sites for hydroxylation is 1. The van der Waals surface area contributed by atoms with Crippen LogP contribution in [0.4, 0.5) is 13.2 Å². The maximum Gasteiger partial charge on any atom is 0.301 e. The summed E-state index contributed by atoms with van der Waals surface area (Å²) in [5.41, 5.74) is -0.105. The van der Waals surface area contributed by atoms with Crippen LogP contribution in [0.2, 0.25) is 0 Å². The number of aromatic nitrogens is 3. The fourth-order valence-corrected chi connectivity index (χ4v) is 2.87. The molecule has 1 atom stereocenters. The van der Waals surface area contributed by atoms with Crippen molar-refractivity contribution >= 4 is 15.9 Å². The SMILES string of the molecule is Cc1nc(S(=O)(=O)NC(=O)CC(c2cccc(F)c2)C(F)F)n[nH]1. The maximum atomic E-state index is 13.2. The van der Waals surface area contributed by atoms with Crippen molar-refractivity contribution in [2.75, 3.05) is 0 Å². The first-order valence-corrected chi connectivity index (χ1v) is 8.15. The molecule has 2 N–H and O–H groups in total. The lowest BCUT2D eigenvalue weighted by molar-refractivity contribution is -0.120. The van der Waals surface area contributed by atoms with Crippen molar-refractivity contribution in [2.24, 2.45) is 0 Å². The Morgan fingerprint density at radius 2 is 2.08 bits per heavy atom. The van der Waals surface area contributed by atoms with Crippen molar-refractivity contribution in [3.05, 3.63) is 41.5 Å². The van der Waals surface area contributed by atoms with Crippen LogP contribution >= 0.6 is 0 Å². The van der Waals surface area contributed by atoms with Gasteiger partial charge in [0.2, 0.25) is 12.3 Å². The maximum absolute atomic E-state index is 13.2. The van der Waals surface area contributed by atoms with Gasteiger partial charge in [-0.3, -0.25) is 9.89 Å². The van der Waals surface area contributed by atoms with E-state index in [1.807, 2.05) is 0 Å². The zero-order valence-corrected chi connectivity index (χ0v) is 13.1. The minimum Gasteiger partial charge on any atom is -0.274 e. The Bertz CT molecular complexity index is 838. The van der Waals surface area contributed by atoms with E-state index in [0.29, 0.717) is 0 Å². The van der Waals surface area contributed by atoms with Crippen LogP contribution in [-0.2, 0) is 14.8 Å². The molecule has 1 aromatic carbocycles. The largest absolute Gasteiger partial charge is 0.301 e. The van der Waals surface area contributed by atoms with Gasteiger partial charge in [-0.2, -0.15) is 8.42 Å². The van der Waals surface area contributed by atoms with Gasteiger partial charge in [0.25, 0.3) is 5.16 Å². The van der Waals surface area contributed by atoms with Gasteiger partial charge in [0, 0.05) is 6.42 Å². The number of hydrogen-bond donors (Lipinski definition) is 2. The van der Waals surface area contributed by atoms with E-state index >= 15 is 0 Å². The van der Waals surface area contributed by atoms with E-state index in [9.17, 15) is 26.4 Å². The van der Waals surface area contributed by atoms with Crippen LogP contribution in [0, 0.1) is 12.7 Å². The molecule has 0 aliphatic carbocycles. The molecule has 0 bridgehead atoms. The minimum atomic E-state index is -4.37. The van der Waals surface area contributed by atoms with Gasteiger partial charge in [-0.15, -0.1) is 5.10 Å². The average molecular weight is 362 g/mol. The van der Waals surface area contributed by atoms with Crippen molar-refractivity contribution in [1.82, 2.24) is 19.9 Å². The molecule has 24 heavy (non-hydrogen) atoms. The molecule has 7 nitrogen and oxygen atoms in total. The van der Waals surface area contributed by atoms with E-state index in [2.05, 4.69) is 15.2 Å². The van der Waals surface area contributed by atoms with Crippen molar-refractivity contribution in [2.45, 2.75) is 30.8 Å². The van der Waals surface area contributed by atoms with Gasteiger partial charge >= 0.3 is 10.0 Å². The standard InChI is InChI=1S/C13H13F3N4O3S/c1-7-17-13(19-18-7)24(22,23)20-11(21)6-10(12(15)16)8-3-2-4-9(14)5-8/h2-5,10,12H,6H2,1H3,(H,20,21)(H,17,18,19). The first-order chi connectivity index (χ1) is 11.2. The van der Waals surface area contributed by atoms with Gasteiger partial charge in [-0.1, -0.05) is 12.1 Å². The molecule has 2 aromatic rings. The quantitative estimate of drug-likeness (QED) is 0.810. The number of amides is 1. The van der Waals surface area contributed by atoms with Gasteiger partial charge < -0.3 is 0 Å². The van der Waals surface area contributed by atoms with Gasteiger partial charge in [-0.25, -0.2) is 22.9 Å². The normalized spacial score (nSPS) is 13.0. The van der Waals surface area contributed by atoms with Crippen molar-refractivity contribution in [3.8, 4) is 0 Å². The summed E-state index contributed by atoms with van der Waals surface area (Å²) in [5.74, 6) is -3.35. The van der Waals surface area contributed by atoms with Crippen LogP contribution in [0.1, 0.15) is 23.7 Å². The zero-order valence-electron chi connectivity index (χ0n) is 12.3. The molecular formula is C13H13F3N4O3S. The van der Waals surface area contributed by atoms with E-state index < -0.39 is 45.7 Å². The van der Waals surface area contributed by atoms with Crippen LogP contribution in [-0.4, -0.2) is 35.9 Å². The third-order valence-corrected chi connectivity index (χ3v) is 4.21. The summed E-state index contributed by atoms with van der Waals surface area (Å²) in [7, 11) is -4.37. The van der Waals surface area contributed by atoms with Crippen LogP contribution in [0.5, 0.6) is 0 Å². The lowest BCUT2D eigenvalue weighted by Crippen LogP contribution is -2.33. The predicted octanol–water partition coefficient (Wildman–Crippen LogP) is 1.50. The monoisotopic (exact) mass is 362 g/mol. The highest BCUT2D eigenvalue weighted by Crippen LogP contribution is 2.27. The number of rotatable bonds is 6. The second-order valence-corrected chi connectivity index (χ2v) is 6.51. The fourth-order valence-electron chi connectivity index (χ4n) is 1.97. The topological polar surface area (TPSA) is 105 Å². The molecule has 0 saturated heterocycles. The Kier molecular flexibility index (Phi) is 5.22. The first kappa shape index (κ1) is 17.9. The molecule has 0 saturated carbocycles. The van der Waals surface area contributed by atoms with Gasteiger partial charge in [0.15, 0.2) is 0 Å². The van der Waals surface area contributed by atoms with Crippen LogP contribution in [0.25, 0.3) is 0 Å². The van der Waals surface area contributed by atoms with E-state index in [1.54, 1.807) is 4.72 Å². The summed E-state index contributed by atoms with van der Waals surface area (Å²) in [6.45, 7) is 1.45. The number of carbonyl (C=O) groups is 1. The Balaban J connectivity index is 2.14. The molecule has 1 amide bonds. The number of hydrogen-bond acceptors (Lipinski definition) is 5. The highest BCUT2D eigenvalue weighted by molar-refractivity contribution is 7.89. The van der Waals surface area contributed by atoms with Crippen LogP contribution in [0.3, 0.4) is 0 Å². The Labute approximate surface area is 135 Å². The van der Waals surface area contributed by atoms with Crippen molar-refractivity contribution in [3.63, 3.8) is 0 Å². The molecule has 0 fully saturated rings. The molecular weight excluding hydrogens is 349 g/mol. The Morgan fingerprint density at radius 1 is 1.38 bits per heavy atom. The number of halogens is 3. The van der Waals surface area contributed by atoms with Gasteiger partial charge in [-0.05, 0) is 24.6 Å². The molecule has 0 aliphatic heterocycles. The van der Waals surface area contributed by atoms with E-state index in [0.717, 1.165) is 12.1 Å². The fraction of sp³-hybridized carbons (Fsp3) is 0.308. The molecule has 130 valence electrons. The highest BCUT2D eigenvalue weighted by Gasteiger charge is 2.29. The number of nitrogens with one attached hydrogen (secondary N) is 2. The van der Waals surface area contributed by atoms with Crippen molar-refractivity contribution < 1.29 is 26.4 Å². The van der Waals surface area contributed by atoms with E-state index in [4.69, 9.17) is 0 Å². The minimum absolute atomic E-state index is 0.105. The third kappa shape index (κ3) is 4.31. The number of aromatic amines is 1. The molecule has 0 aliphatic rings. The number of alkyl halides is 2. The van der Waals surface area contributed by atoms with Crippen molar-refractivity contribution in [1.29, 1.82) is 0 Å². The molecule has 1 aromatic heterocycles. The number of carbonyl (C=O) groups excluding carboxylic acids is 1. The molecule has 1 unspecified atom stereocenters. The number of sulfonamides is 1. The zero-order chi connectivity index (χ0) is 17.9. The second kappa shape index (κ2) is 6.99. The lowest BCUT2D eigenvalue weighted by atomic mass is 9.96. The molecule has 11 heteroatoms. The second-order valence-electron chi connectivity index (χ2n) is 4.93. The summed E-state index contributed by atoms with van der Waals surface area (Å²) < 4.78 is 64.8. The van der Waals surface area contributed by atoms with E-state index in [-0.39, 0.29) is 11.4 Å². The Hall–Kier alpha value is -2.43. The number of benzene rings is 1. The summed E-state index contributed by atoms with van der Waals surface area (Å²) in [5, 5.41) is 5.00. The lowest BCUT2D eigenvalue weighted by Gasteiger charge is -2.16. The molecule has 0 spiro atoms. The summed E-state index contributed by atoms with van der Waals surface area (Å²) >= 11 is 0. The smallest absolute Gasteiger partial charge is 0.274 e. The molecule has 0 radical (unpaired) electrons. The summed E-state index contributed by atoms with van der Waals surface area (Å²) in [4.78, 5) is 15.4. The molecule has 2 rings (SSSR count). The van der Waals surface area contributed by atoms with Crippen LogP contribution < -0.4 is 4.72 Å². The highest BCUT2D eigenvalue weighted by atomic mass is 32.2. The number of nitrogens with zero attached hydrogens (tertiary/aromatic N) is 2. The summed E-state index contributed by atoms with van der Waals surface area (Å²) in [6, 6.07) is 4.41. The molecule has 1 heterocycles. The van der Waals surface area contributed by atoms with E-state index in [1.165, 1.54) is 19.1 Å². The van der Waals surface area contributed by atoms with Crippen LogP contribution in [0.15, 0.2) is 29.4 Å². The number of H-pyrrole nitrogens is 1. The predicted molar refractivity (Wildman–Crippen MR) is 76.2 cm³/mol.